The van der Waals surface area contributed by atoms with Crippen LogP contribution in [0.3, 0.4) is 0 Å². The van der Waals surface area contributed by atoms with E-state index in [1.807, 2.05) is 0 Å². The van der Waals surface area contributed by atoms with Gasteiger partial charge in [0.1, 0.15) is 5.02 Å². The normalized spacial score (nSPS) is 10.1. The van der Waals surface area contributed by atoms with Gasteiger partial charge in [-0.15, -0.1) is 0 Å². The third-order valence-corrected chi connectivity index (χ3v) is 2.15. The number of nitrogens with zero attached hydrogens (tertiary/aromatic N) is 2. The van der Waals surface area contributed by atoms with Gasteiger partial charge in [0.15, 0.2) is 0 Å². The van der Waals surface area contributed by atoms with Gasteiger partial charge in [0.25, 0.3) is 6.43 Å². The minimum Gasteiger partial charge on any atom is -0.480 e. The van der Waals surface area contributed by atoms with Crippen LogP contribution in [-0.4, -0.2) is 12.1 Å². The molecule has 1 aromatic heterocycles. The Balaban J connectivity index is 3.32. The number of halogens is 3. The van der Waals surface area contributed by atoms with E-state index in [0.717, 1.165) is 0 Å². The SMILES string of the molecule is COc1ncc(CC#N)c(C(F)F)c1Cl. The van der Waals surface area contributed by atoms with Crippen molar-refractivity contribution in [2.75, 3.05) is 7.11 Å². The van der Waals surface area contributed by atoms with Gasteiger partial charge in [0, 0.05) is 11.8 Å². The lowest BCUT2D eigenvalue weighted by Crippen LogP contribution is -2.00. The highest BCUT2D eigenvalue weighted by Crippen LogP contribution is 2.35. The van der Waals surface area contributed by atoms with Crippen molar-refractivity contribution < 1.29 is 13.5 Å². The third-order valence-electron chi connectivity index (χ3n) is 1.79. The van der Waals surface area contributed by atoms with Gasteiger partial charge in [0.2, 0.25) is 5.88 Å². The zero-order valence-electron chi connectivity index (χ0n) is 7.80. The van der Waals surface area contributed by atoms with E-state index >= 15 is 0 Å². The summed E-state index contributed by atoms with van der Waals surface area (Å²) in [6.07, 6.45) is -1.73. The molecule has 0 unspecified atom stereocenters. The lowest BCUT2D eigenvalue weighted by atomic mass is 10.1. The van der Waals surface area contributed by atoms with Crippen molar-refractivity contribution in [3.63, 3.8) is 0 Å². The van der Waals surface area contributed by atoms with Crippen LogP contribution in [0.4, 0.5) is 8.78 Å². The number of pyridine rings is 1. The monoisotopic (exact) mass is 232 g/mol. The highest BCUT2D eigenvalue weighted by Gasteiger charge is 2.21. The average molecular weight is 233 g/mol. The summed E-state index contributed by atoms with van der Waals surface area (Å²) < 4.78 is 30.0. The van der Waals surface area contributed by atoms with Crippen LogP contribution in [-0.2, 0) is 6.42 Å². The fourth-order valence-electron chi connectivity index (χ4n) is 1.12. The average Bonchev–Trinajstić information content (AvgIpc) is 2.18. The second-order valence-electron chi connectivity index (χ2n) is 2.66. The van der Waals surface area contributed by atoms with Crippen molar-refractivity contribution >= 4 is 11.6 Å². The molecule has 15 heavy (non-hydrogen) atoms. The predicted octanol–water partition coefficient (Wildman–Crippen LogP) is 2.75. The molecule has 0 amide bonds. The summed E-state index contributed by atoms with van der Waals surface area (Å²) in [5.74, 6) is -0.0614. The topological polar surface area (TPSA) is 45.9 Å². The van der Waals surface area contributed by atoms with E-state index in [9.17, 15) is 8.78 Å². The summed E-state index contributed by atoms with van der Waals surface area (Å²) in [7, 11) is 1.29. The molecule has 0 spiro atoms. The fraction of sp³-hybridized carbons (Fsp3) is 0.333. The Morgan fingerprint density at radius 3 is 2.80 bits per heavy atom. The largest absolute Gasteiger partial charge is 0.480 e. The number of aromatic nitrogens is 1. The number of hydrogen-bond acceptors (Lipinski definition) is 3. The Kier molecular flexibility index (Phi) is 3.81. The van der Waals surface area contributed by atoms with Gasteiger partial charge in [-0.1, -0.05) is 11.6 Å². The predicted molar refractivity (Wildman–Crippen MR) is 50.1 cm³/mol. The van der Waals surface area contributed by atoms with Crippen LogP contribution in [0.25, 0.3) is 0 Å². The number of ether oxygens (including phenoxy) is 1. The first-order valence-electron chi connectivity index (χ1n) is 3.98. The molecule has 0 radical (unpaired) electrons. The highest BCUT2D eigenvalue weighted by molar-refractivity contribution is 6.32. The molecule has 0 saturated carbocycles. The molecule has 1 heterocycles. The van der Waals surface area contributed by atoms with Crippen molar-refractivity contribution in [1.82, 2.24) is 4.98 Å². The van der Waals surface area contributed by atoms with Gasteiger partial charge in [-0.05, 0) is 5.56 Å². The van der Waals surface area contributed by atoms with E-state index in [0.29, 0.717) is 0 Å². The van der Waals surface area contributed by atoms with E-state index in [4.69, 9.17) is 21.6 Å². The number of methoxy groups -OCH3 is 1. The zero-order chi connectivity index (χ0) is 11.4. The molecule has 3 nitrogen and oxygen atoms in total. The van der Waals surface area contributed by atoms with Crippen LogP contribution in [0.15, 0.2) is 6.20 Å². The number of hydrogen-bond donors (Lipinski definition) is 0. The van der Waals surface area contributed by atoms with Gasteiger partial charge < -0.3 is 4.74 Å². The maximum Gasteiger partial charge on any atom is 0.265 e. The van der Waals surface area contributed by atoms with E-state index in [1.165, 1.54) is 13.3 Å². The highest BCUT2D eigenvalue weighted by atomic mass is 35.5. The molecule has 1 aromatic rings. The molecule has 0 aromatic carbocycles. The number of nitriles is 1. The van der Waals surface area contributed by atoms with Crippen LogP contribution >= 0.6 is 11.6 Å². The van der Waals surface area contributed by atoms with E-state index in [1.54, 1.807) is 6.07 Å². The molecule has 80 valence electrons. The van der Waals surface area contributed by atoms with Gasteiger partial charge in [0.05, 0.1) is 19.6 Å². The van der Waals surface area contributed by atoms with Crippen molar-refractivity contribution in [2.45, 2.75) is 12.8 Å². The molecule has 1 rings (SSSR count). The lowest BCUT2D eigenvalue weighted by Gasteiger charge is -2.10. The fourth-order valence-corrected chi connectivity index (χ4v) is 1.45. The van der Waals surface area contributed by atoms with E-state index in [2.05, 4.69) is 4.98 Å². The van der Waals surface area contributed by atoms with Crippen LogP contribution in [0.5, 0.6) is 5.88 Å². The molecule has 6 heteroatoms. The molecular formula is C9H7ClF2N2O. The van der Waals surface area contributed by atoms with Crippen molar-refractivity contribution in [3.8, 4) is 11.9 Å². The third kappa shape index (κ3) is 2.34. The summed E-state index contributed by atoms with van der Waals surface area (Å²) in [5, 5.41) is 8.21. The van der Waals surface area contributed by atoms with Crippen LogP contribution in [0, 0.1) is 11.3 Å². The summed E-state index contributed by atoms with van der Waals surface area (Å²) in [6.45, 7) is 0. The van der Waals surface area contributed by atoms with E-state index in [-0.39, 0.29) is 28.5 Å². The van der Waals surface area contributed by atoms with Gasteiger partial charge in [-0.25, -0.2) is 13.8 Å². The summed E-state index contributed by atoms with van der Waals surface area (Å²) in [6, 6.07) is 1.77. The Morgan fingerprint density at radius 2 is 2.33 bits per heavy atom. The van der Waals surface area contributed by atoms with Crippen molar-refractivity contribution in [3.05, 3.63) is 22.3 Å². The Hall–Kier alpha value is -1.41. The Labute approximate surface area is 90.3 Å². The summed E-state index contributed by atoms with van der Waals surface area (Å²) >= 11 is 5.67. The molecule has 0 aliphatic heterocycles. The molecule has 0 aliphatic carbocycles. The quantitative estimate of drug-likeness (QED) is 0.805. The molecule has 0 bridgehead atoms. The standard InChI is InChI=1S/C9H7ClF2N2O/c1-15-9-7(10)6(8(11)12)5(2-3-13)4-14-9/h4,8H,2H2,1H3. The van der Waals surface area contributed by atoms with Gasteiger partial charge in [-0.2, -0.15) is 5.26 Å². The van der Waals surface area contributed by atoms with Crippen LogP contribution in [0.2, 0.25) is 5.02 Å². The van der Waals surface area contributed by atoms with Crippen molar-refractivity contribution in [2.24, 2.45) is 0 Å². The van der Waals surface area contributed by atoms with Crippen LogP contribution < -0.4 is 4.74 Å². The lowest BCUT2D eigenvalue weighted by molar-refractivity contribution is 0.150. The summed E-state index contributed by atoms with van der Waals surface area (Å²) in [5.41, 5.74) is -0.261. The minimum atomic E-state index is -2.75. The molecular weight excluding hydrogens is 226 g/mol. The van der Waals surface area contributed by atoms with Gasteiger partial charge in [-0.3, -0.25) is 0 Å². The Morgan fingerprint density at radius 1 is 1.67 bits per heavy atom. The molecule has 0 aliphatic rings. The number of rotatable bonds is 3. The smallest absolute Gasteiger partial charge is 0.265 e. The van der Waals surface area contributed by atoms with Crippen LogP contribution in [0.1, 0.15) is 17.6 Å². The second kappa shape index (κ2) is 4.89. The first kappa shape index (κ1) is 11.7. The van der Waals surface area contributed by atoms with Crippen molar-refractivity contribution in [1.29, 1.82) is 5.26 Å². The molecule has 0 atom stereocenters. The maximum absolute atomic E-state index is 12.7. The molecule has 0 N–H and O–H groups in total. The minimum absolute atomic E-state index is 0.0614. The van der Waals surface area contributed by atoms with Gasteiger partial charge >= 0.3 is 0 Å². The Bertz CT molecular complexity index is 404. The second-order valence-corrected chi connectivity index (χ2v) is 3.03. The zero-order valence-corrected chi connectivity index (χ0v) is 8.55. The summed E-state index contributed by atoms with van der Waals surface area (Å²) in [4.78, 5) is 3.72. The van der Waals surface area contributed by atoms with E-state index < -0.39 is 6.43 Å². The number of alkyl halides is 2. The molecule has 0 saturated heterocycles. The first-order valence-corrected chi connectivity index (χ1v) is 4.36. The molecule has 0 fully saturated rings. The maximum atomic E-state index is 12.7. The first-order chi connectivity index (χ1) is 7.11.